The molecule has 0 aliphatic heterocycles. The van der Waals surface area contributed by atoms with Gasteiger partial charge in [0.25, 0.3) is 5.91 Å². The van der Waals surface area contributed by atoms with E-state index in [1.165, 1.54) is 7.05 Å². The maximum absolute atomic E-state index is 14.0. The molecule has 2 aromatic rings. The predicted molar refractivity (Wildman–Crippen MR) is 86.7 cm³/mol. The molecule has 1 heterocycles. The van der Waals surface area contributed by atoms with E-state index in [2.05, 4.69) is 10.4 Å². The molecule has 1 amide bonds. The van der Waals surface area contributed by atoms with Gasteiger partial charge in [-0.15, -0.1) is 0 Å². The van der Waals surface area contributed by atoms with Gasteiger partial charge in [0.1, 0.15) is 5.56 Å². The second-order valence-corrected chi connectivity index (χ2v) is 6.18. The number of amides is 1. The third-order valence-corrected chi connectivity index (χ3v) is 4.22. The van der Waals surface area contributed by atoms with Gasteiger partial charge in [0.15, 0.2) is 0 Å². The molecule has 124 valence electrons. The first-order valence-electron chi connectivity index (χ1n) is 7.48. The minimum atomic E-state index is -1.12. The number of nitrogens with zero attached hydrogens (tertiary/aromatic N) is 2. The zero-order valence-corrected chi connectivity index (χ0v) is 14.0. The van der Waals surface area contributed by atoms with E-state index in [9.17, 15) is 14.3 Å². The van der Waals surface area contributed by atoms with E-state index in [4.69, 9.17) is 0 Å². The number of benzene rings is 1. The van der Waals surface area contributed by atoms with E-state index in [0.717, 1.165) is 4.68 Å². The molecule has 1 atom stereocenters. The number of aromatic nitrogens is 2. The molecule has 0 bridgehead atoms. The van der Waals surface area contributed by atoms with E-state index in [1.54, 1.807) is 38.1 Å². The van der Waals surface area contributed by atoms with Crippen LogP contribution in [0.25, 0.3) is 0 Å². The standard InChI is InChI=1S/C17H22FN3O2/c1-10(2)17(4,23)12-8-6-7-9-13(12)19-16(22)14-11(3)20-21(5)15(14)18/h6-10,23H,1-5H3,(H,19,22). The zero-order chi connectivity index (χ0) is 17.4. The van der Waals surface area contributed by atoms with E-state index < -0.39 is 17.5 Å². The highest BCUT2D eigenvalue weighted by atomic mass is 19.1. The van der Waals surface area contributed by atoms with Crippen LogP contribution in [-0.4, -0.2) is 20.8 Å². The maximum Gasteiger partial charge on any atom is 0.262 e. The molecule has 23 heavy (non-hydrogen) atoms. The first kappa shape index (κ1) is 17.1. The second-order valence-electron chi connectivity index (χ2n) is 6.18. The summed E-state index contributed by atoms with van der Waals surface area (Å²) in [7, 11) is 1.44. The summed E-state index contributed by atoms with van der Waals surface area (Å²) in [4.78, 5) is 12.4. The van der Waals surface area contributed by atoms with Crippen molar-refractivity contribution >= 4 is 11.6 Å². The first-order valence-corrected chi connectivity index (χ1v) is 7.48. The minimum Gasteiger partial charge on any atom is -0.385 e. The van der Waals surface area contributed by atoms with Gasteiger partial charge >= 0.3 is 0 Å². The van der Waals surface area contributed by atoms with E-state index in [0.29, 0.717) is 16.9 Å². The van der Waals surface area contributed by atoms with Crippen molar-refractivity contribution < 1.29 is 14.3 Å². The van der Waals surface area contributed by atoms with Crippen LogP contribution in [0.3, 0.4) is 0 Å². The van der Waals surface area contributed by atoms with Crippen molar-refractivity contribution in [2.45, 2.75) is 33.3 Å². The van der Waals surface area contributed by atoms with Crippen molar-refractivity contribution in [1.82, 2.24) is 9.78 Å². The number of hydrogen-bond acceptors (Lipinski definition) is 3. The molecular formula is C17H22FN3O2. The third kappa shape index (κ3) is 3.12. The van der Waals surface area contributed by atoms with Crippen molar-refractivity contribution in [3.8, 4) is 0 Å². The Morgan fingerprint density at radius 1 is 1.39 bits per heavy atom. The van der Waals surface area contributed by atoms with Gasteiger partial charge in [-0.1, -0.05) is 32.0 Å². The summed E-state index contributed by atoms with van der Waals surface area (Å²) in [6.07, 6.45) is 0. The van der Waals surface area contributed by atoms with Crippen molar-refractivity contribution in [2.75, 3.05) is 5.32 Å². The largest absolute Gasteiger partial charge is 0.385 e. The number of aliphatic hydroxyl groups is 1. The van der Waals surface area contributed by atoms with Crippen LogP contribution in [-0.2, 0) is 12.6 Å². The van der Waals surface area contributed by atoms with Crippen LogP contribution >= 0.6 is 0 Å². The normalized spacial score (nSPS) is 13.9. The molecular weight excluding hydrogens is 297 g/mol. The van der Waals surface area contributed by atoms with Crippen molar-refractivity contribution in [2.24, 2.45) is 13.0 Å². The lowest BCUT2D eigenvalue weighted by atomic mass is 9.84. The van der Waals surface area contributed by atoms with Gasteiger partial charge in [-0.3, -0.25) is 4.79 Å². The Labute approximate surface area is 135 Å². The van der Waals surface area contributed by atoms with Crippen LogP contribution in [0.2, 0.25) is 0 Å². The minimum absolute atomic E-state index is 0.0579. The van der Waals surface area contributed by atoms with Crippen LogP contribution in [0.15, 0.2) is 24.3 Å². The number of halogens is 1. The van der Waals surface area contributed by atoms with Gasteiger partial charge in [-0.05, 0) is 25.8 Å². The average Bonchev–Trinajstić information content (AvgIpc) is 2.72. The number of anilines is 1. The van der Waals surface area contributed by atoms with Crippen LogP contribution in [0, 0.1) is 18.8 Å². The molecule has 0 spiro atoms. The lowest BCUT2D eigenvalue weighted by Crippen LogP contribution is -2.30. The Balaban J connectivity index is 2.40. The lowest BCUT2D eigenvalue weighted by molar-refractivity contribution is 0.00974. The fourth-order valence-electron chi connectivity index (χ4n) is 2.42. The van der Waals surface area contributed by atoms with Crippen molar-refractivity contribution in [3.63, 3.8) is 0 Å². The van der Waals surface area contributed by atoms with Gasteiger partial charge in [0.05, 0.1) is 11.3 Å². The summed E-state index contributed by atoms with van der Waals surface area (Å²) in [5.74, 6) is -1.33. The van der Waals surface area contributed by atoms with Crippen LogP contribution < -0.4 is 5.32 Å². The summed E-state index contributed by atoms with van der Waals surface area (Å²) in [5, 5.41) is 17.3. The first-order chi connectivity index (χ1) is 10.7. The second kappa shape index (κ2) is 6.12. The third-order valence-electron chi connectivity index (χ3n) is 4.22. The van der Waals surface area contributed by atoms with E-state index in [1.807, 2.05) is 13.8 Å². The summed E-state index contributed by atoms with van der Waals surface area (Å²) < 4.78 is 15.1. The molecule has 6 heteroatoms. The van der Waals surface area contributed by atoms with Crippen molar-refractivity contribution in [1.29, 1.82) is 0 Å². The summed E-state index contributed by atoms with van der Waals surface area (Å²) in [6, 6.07) is 6.98. The van der Waals surface area contributed by atoms with Crippen LogP contribution in [0.1, 0.15) is 42.4 Å². The molecule has 1 aromatic heterocycles. The molecule has 0 saturated heterocycles. The molecule has 0 radical (unpaired) electrons. The Kier molecular flexibility index (Phi) is 4.56. The summed E-state index contributed by atoms with van der Waals surface area (Å²) in [6.45, 7) is 7.06. The summed E-state index contributed by atoms with van der Waals surface area (Å²) >= 11 is 0. The van der Waals surface area contributed by atoms with Crippen molar-refractivity contribution in [3.05, 3.63) is 47.0 Å². The Morgan fingerprint density at radius 2 is 2.00 bits per heavy atom. The Hall–Kier alpha value is -2.21. The number of para-hydroxylation sites is 1. The van der Waals surface area contributed by atoms with Crippen LogP contribution in [0.5, 0.6) is 0 Å². The highest BCUT2D eigenvalue weighted by Gasteiger charge is 2.30. The van der Waals surface area contributed by atoms with E-state index >= 15 is 0 Å². The molecule has 1 aromatic carbocycles. The van der Waals surface area contributed by atoms with Gasteiger partial charge in [-0.25, -0.2) is 4.68 Å². The number of rotatable bonds is 4. The Bertz CT molecular complexity index is 735. The van der Waals surface area contributed by atoms with Gasteiger partial charge < -0.3 is 10.4 Å². The highest BCUT2D eigenvalue weighted by molar-refractivity contribution is 6.05. The SMILES string of the molecule is Cc1nn(C)c(F)c1C(=O)Nc1ccccc1C(C)(O)C(C)C. The number of carbonyl (C=O) groups is 1. The molecule has 2 rings (SSSR count). The summed E-state index contributed by atoms with van der Waals surface area (Å²) in [5.41, 5.74) is 0.151. The van der Waals surface area contributed by atoms with E-state index in [-0.39, 0.29) is 11.5 Å². The molecule has 0 saturated carbocycles. The highest BCUT2D eigenvalue weighted by Crippen LogP contribution is 2.34. The molecule has 2 N–H and O–H groups in total. The average molecular weight is 319 g/mol. The number of aryl methyl sites for hydroxylation is 2. The molecule has 1 unspecified atom stereocenters. The number of hydrogen-bond donors (Lipinski definition) is 2. The number of nitrogens with one attached hydrogen (secondary N) is 1. The lowest BCUT2D eigenvalue weighted by Gasteiger charge is -2.30. The van der Waals surface area contributed by atoms with Gasteiger partial charge in [0.2, 0.25) is 5.95 Å². The molecule has 0 aliphatic rings. The zero-order valence-electron chi connectivity index (χ0n) is 14.0. The smallest absolute Gasteiger partial charge is 0.262 e. The van der Waals surface area contributed by atoms with Gasteiger partial charge in [0, 0.05) is 18.3 Å². The van der Waals surface area contributed by atoms with Gasteiger partial charge in [-0.2, -0.15) is 9.49 Å². The topological polar surface area (TPSA) is 67.2 Å². The fourth-order valence-corrected chi connectivity index (χ4v) is 2.42. The monoisotopic (exact) mass is 319 g/mol. The molecule has 0 fully saturated rings. The number of carbonyl (C=O) groups excluding carboxylic acids is 1. The quantitative estimate of drug-likeness (QED) is 0.910. The predicted octanol–water partition coefficient (Wildman–Crippen LogP) is 2.98. The fraction of sp³-hybridized carbons (Fsp3) is 0.412. The van der Waals surface area contributed by atoms with Crippen LogP contribution in [0.4, 0.5) is 10.1 Å². The molecule has 0 aliphatic carbocycles. The Morgan fingerprint density at radius 3 is 2.52 bits per heavy atom. The maximum atomic E-state index is 14.0. The molecule has 5 nitrogen and oxygen atoms in total.